The molecule has 0 radical (unpaired) electrons. The first-order chi connectivity index (χ1) is 11.1. The van der Waals surface area contributed by atoms with Gasteiger partial charge in [0.2, 0.25) is 0 Å². The molecule has 1 aliphatic heterocycles. The van der Waals surface area contributed by atoms with E-state index in [1.165, 1.54) is 0 Å². The van der Waals surface area contributed by atoms with Crippen molar-refractivity contribution in [2.24, 2.45) is 13.0 Å². The Hall–Kier alpha value is -1.92. The molecule has 6 nitrogen and oxygen atoms in total. The van der Waals surface area contributed by atoms with Gasteiger partial charge in [0.15, 0.2) is 0 Å². The lowest BCUT2D eigenvalue weighted by Crippen LogP contribution is -2.31. The number of rotatable bonds is 5. The number of pyridine rings is 1. The van der Waals surface area contributed by atoms with E-state index in [-0.39, 0.29) is 11.9 Å². The van der Waals surface area contributed by atoms with Crippen LogP contribution in [0.2, 0.25) is 0 Å². The molecule has 3 rings (SSSR count). The van der Waals surface area contributed by atoms with E-state index in [2.05, 4.69) is 15.4 Å². The van der Waals surface area contributed by atoms with Gasteiger partial charge in [-0.25, -0.2) is 0 Å². The quantitative estimate of drug-likeness (QED) is 0.884. The summed E-state index contributed by atoms with van der Waals surface area (Å²) in [5, 5.41) is 17.5. The molecular weight excluding hydrogens is 292 g/mol. The highest BCUT2D eigenvalue weighted by Crippen LogP contribution is 2.33. The monoisotopic (exact) mass is 316 g/mol. The molecule has 0 spiro atoms. The van der Waals surface area contributed by atoms with Gasteiger partial charge in [0, 0.05) is 50.1 Å². The van der Waals surface area contributed by atoms with Crippen molar-refractivity contribution in [2.75, 3.05) is 13.2 Å². The predicted molar refractivity (Wildman–Crippen MR) is 87.0 cm³/mol. The maximum Gasteiger partial charge on any atom is 0.138 e. The summed E-state index contributed by atoms with van der Waals surface area (Å²) in [5.41, 5.74) is 2.74. The van der Waals surface area contributed by atoms with Crippen molar-refractivity contribution in [1.82, 2.24) is 20.1 Å². The molecule has 124 valence electrons. The fourth-order valence-electron chi connectivity index (χ4n) is 3.12. The number of aromatic nitrogens is 3. The smallest absolute Gasteiger partial charge is 0.138 e. The molecule has 2 aromatic rings. The average Bonchev–Trinajstić information content (AvgIpc) is 2.97. The van der Waals surface area contributed by atoms with Crippen molar-refractivity contribution >= 4 is 0 Å². The fraction of sp³-hybridized carbons (Fsp3) is 0.529. The lowest BCUT2D eigenvalue weighted by atomic mass is 9.91. The van der Waals surface area contributed by atoms with E-state index < -0.39 is 0 Å². The van der Waals surface area contributed by atoms with Gasteiger partial charge in [-0.1, -0.05) is 0 Å². The molecule has 0 bridgehead atoms. The lowest BCUT2D eigenvalue weighted by Gasteiger charge is -2.31. The van der Waals surface area contributed by atoms with E-state index >= 15 is 0 Å². The molecule has 1 fully saturated rings. The number of aromatic hydroxyl groups is 1. The molecule has 2 N–H and O–H groups in total. The topological polar surface area (TPSA) is 72.2 Å². The SMILES string of the molecule is Cc1ccc(O)c(CNC[C@@H]2CCCO[C@H]2c2cnn(C)c2)n1. The van der Waals surface area contributed by atoms with Gasteiger partial charge in [-0.15, -0.1) is 0 Å². The van der Waals surface area contributed by atoms with Crippen molar-refractivity contribution in [2.45, 2.75) is 32.4 Å². The van der Waals surface area contributed by atoms with E-state index in [0.717, 1.165) is 37.3 Å². The molecule has 0 aliphatic carbocycles. The number of hydrogen-bond donors (Lipinski definition) is 2. The van der Waals surface area contributed by atoms with Crippen LogP contribution in [-0.4, -0.2) is 33.0 Å². The molecular formula is C17H24N4O2. The van der Waals surface area contributed by atoms with Crippen molar-refractivity contribution in [3.63, 3.8) is 0 Å². The largest absolute Gasteiger partial charge is 0.506 e. The lowest BCUT2D eigenvalue weighted by molar-refractivity contribution is -0.0279. The Morgan fingerprint density at radius 2 is 2.30 bits per heavy atom. The third-order valence-electron chi connectivity index (χ3n) is 4.29. The van der Waals surface area contributed by atoms with E-state index in [4.69, 9.17) is 4.74 Å². The highest BCUT2D eigenvalue weighted by Gasteiger charge is 2.28. The molecule has 2 aromatic heterocycles. The van der Waals surface area contributed by atoms with Gasteiger partial charge in [0.25, 0.3) is 0 Å². The number of ether oxygens (including phenoxy) is 1. The van der Waals surface area contributed by atoms with Crippen LogP contribution in [0.5, 0.6) is 5.75 Å². The van der Waals surface area contributed by atoms with Crippen LogP contribution in [0.25, 0.3) is 0 Å². The van der Waals surface area contributed by atoms with E-state index in [0.29, 0.717) is 18.2 Å². The Kier molecular flexibility index (Phi) is 4.93. The molecule has 6 heteroatoms. The molecule has 0 unspecified atom stereocenters. The zero-order chi connectivity index (χ0) is 16.2. The van der Waals surface area contributed by atoms with Gasteiger partial charge < -0.3 is 15.2 Å². The van der Waals surface area contributed by atoms with Gasteiger partial charge in [-0.3, -0.25) is 9.67 Å². The fourth-order valence-corrected chi connectivity index (χ4v) is 3.12. The second kappa shape index (κ2) is 7.10. The summed E-state index contributed by atoms with van der Waals surface area (Å²) in [5.74, 6) is 0.645. The minimum absolute atomic E-state index is 0.0871. The van der Waals surface area contributed by atoms with Crippen molar-refractivity contribution in [3.05, 3.63) is 41.5 Å². The first-order valence-electron chi connectivity index (χ1n) is 8.10. The summed E-state index contributed by atoms with van der Waals surface area (Å²) < 4.78 is 7.79. The first kappa shape index (κ1) is 16.0. The zero-order valence-corrected chi connectivity index (χ0v) is 13.7. The van der Waals surface area contributed by atoms with Crippen LogP contribution < -0.4 is 5.32 Å². The third-order valence-corrected chi connectivity index (χ3v) is 4.29. The van der Waals surface area contributed by atoms with Gasteiger partial charge in [-0.2, -0.15) is 5.10 Å². The highest BCUT2D eigenvalue weighted by molar-refractivity contribution is 5.27. The minimum atomic E-state index is 0.0871. The van der Waals surface area contributed by atoms with Crippen molar-refractivity contribution < 1.29 is 9.84 Å². The Morgan fingerprint density at radius 3 is 3.09 bits per heavy atom. The molecule has 0 saturated carbocycles. The molecule has 0 aromatic carbocycles. The van der Waals surface area contributed by atoms with Crippen molar-refractivity contribution in [3.8, 4) is 5.75 Å². The third kappa shape index (κ3) is 3.89. The average molecular weight is 316 g/mol. The van der Waals surface area contributed by atoms with Gasteiger partial charge in [-0.05, 0) is 31.9 Å². The number of nitrogens with one attached hydrogen (secondary N) is 1. The second-order valence-corrected chi connectivity index (χ2v) is 6.19. The van der Waals surface area contributed by atoms with Crippen LogP contribution in [0.4, 0.5) is 0 Å². The molecule has 0 amide bonds. The molecule has 2 atom stereocenters. The summed E-state index contributed by atoms with van der Waals surface area (Å²) in [6.45, 7) is 4.12. The predicted octanol–water partition coefficient (Wildman–Crippen LogP) is 2.09. The van der Waals surface area contributed by atoms with Crippen LogP contribution >= 0.6 is 0 Å². The van der Waals surface area contributed by atoms with Crippen LogP contribution in [-0.2, 0) is 18.3 Å². The number of aryl methyl sites for hydroxylation is 2. The van der Waals surface area contributed by atoms with Gasteiger partial charge in [0.1, 0.15) is 5.75 Å². The standard InChI is InChI=1S/C17H24N4O2/c1-12-5-6-16(22)15(20-12)10-18-8-13-4-3-7-23-17(13)14-9-19-21(2)11-14/h5-6,9,11,13,17-18,22H,3-4,7-8,10H2,1-2H3/t13-,17+/m0/s1. The van der Waals surface area contributed by atoms with E-state index in [1.807, 2.05) is 37.1 Å². The summed E-state index contributed by atoms with van der Waals surface area (Å²) in [4.78, 5) is 4.38. The second-order valence-electron chi connectivity index (χ2n) is 6.19. The Bertz CT molecular complexity index is 656. The Morgan fingerprint density at radius 1 is 1.43 bits per heavy atom. The summed E-state index contributed by atoms with van der Waals surface area (Å²) >= 11 is 0. The highest BCUT2D eigenvalue weighted by atomic mass is 16.5. The number of nitrogens with zero attached hydrogens (tertiary/aromatic N) is 3. The van der Waals surface area contributed by atoms with Crippen LogP contribution in [0.1, 0.15) is 35.9 Å². The molecule has 1 saturated heterocycles. The zero-order valence-electron chi connectivity index (χ0n) is 13.7. The maximum absolute atomic E-state index is 9.87. The molecule has 1 aliphatic rings. The van der Waals surface area contributed by atoms with Gasteiger partial charge >= 0.3 is 0 Å². The normalized spacial score (nSPS) is 21.5. The van der Waals surface area contributed by atoms with E-state index in [9.17, 15) is 5.11 Å². The molecule has 23 heavy (non-hydrogen) atoms. The van der Waals surface area contributed by atoms with Crippen LogP contribution in [0.15, 0.2) is 24.5 Å². The van der Waals surface area contributed by atoms with Crippen LogP contribution in [0, 0.1) is 12.8 Å². The van der Waals surface area contributed by atoms with Crippen LogP contribution in [0.3, 0.4) is 0 Å². The minimum Gasteiger partial charge on any atom is -0.506 e. The van der Waals surface area contributed by atoms with Crippen molar-refractivity contribution in [1.29, 1.82) is 0 Å². The van der Waals surface area contributed by atoms with E-state index in [1.54, 1.807) is 6.07 Å². The summed E-state index contributed by atoms with van der Waals surface area (Å²) in [6.07, 6.45) is 6.20. The molecule has 3 heterocycles. The maximum atomic E-state index is 9.87. The Labute approximate surface area is 136 Å². The Balaban J connectivity index is 1.60. The summed E-state index contributed by atoms with van der Waals surface area (Å²) in [7, 11) is 1.92. The summed E-state index contributed by atoms with van der Waals surface area (Å²) in [6, 6.07) is 3.51. The first-order valence-corrected chi connectivity index (χ1v) is 8.10. The number of hydrogen-bond acceptors (Lipinski definition) is 5. The van der Waals surface area contributed by atoms with Gasteiger partial charge in [0.05, 0.1) is 18.0 Å².